The molecule has 1 N–H and O–H groups in total. The quantitative estimate of drug-likeness (QED) is 0.492. The molecule has 1 amide bonds. The first-order valence-electron chi connectivity index (χ1n) is 8.93. The van der Waals surface area contributed by atoms with Crippen LogP contribution in [0.4, 0.5) is 5.69 Å². The van der Waals surface area contributed by atoms with Crippen LogP contribution in [0.2, 0.25) is 10.0 Å². The Morgan fingerprint density at radius 1 is 1.14 bits per heavy atom. The monoisotopic (exact) mass is 450 g/mol. The molecular weight excluding hydrogens is 431 g/mol. The predicted molar refractivity (Wildman–Crippen MR) is 117 cm³/mol. The van der Waals surface area contributed by atoms with Gasteiger partial charge in [0, 0.05) is 23.0 Å². The average Bonchev–Trinajstić information content (AvgIpc) is 3.10. The number of carbonyl (C=O) groups excluding carboxylic acids is 1. The highest BCUT2D eigenvalue weighted by Gasteiger charge is 2.15. The molecule has 6 nitrogen and oxygen atoms in total. The maximum absolute atomic E-state index is 12.4. The van der Waals surface area contributed by atoms with Crippen molar-refractivity contribution in [3.8, 4) is 5.75 Å². The van der Waals surface area contributed by atoms with Gasteiger partial charge in [-0.3, -0.25) is 4.79 Å². The first kappa shape index (κ1) is 21.5. The molecule has 3 rings (SSSR count). The summed E-state index contributed by atoms with van der Waals surface area (Å²) in [7, 11) is 1.54. The zero-order chi connectivity index (χ0) is 20.8. The van der Waals surface area contributed by atoms with Gasteiger partial charge in [-0.2, -0.15) is 0 Å². The highest BCUT2D eigenvalue weighted by atomic mass is 35.5. The van der Waals surface area contributed by atoms with Crippen molar-refractivity contribution in [3.05, 3.63) is 63.9 Å². The Morgan fingerprint density at radius 3 is 2.55 bits per heavy atom. The van der Waals surface area contributed by atoms with Gasteiger partial charge in [-0.1, -0.05) is 47.1 Å². The molecular formula is C20H20Cl2N4O2S. The summed E-state index contributed by atoms with van der Waals surface area (Å²) in [5, 5.41) is 13.3. The number of amides is 1. The van der Waals surface area contributed by atoms with Gasteiger partial charge in [0.25, 0.3) is 0 Å². The van der Waals surface area contributed by atoms with Crippen LogP contribution in [0, 0.1) is 0 Å². The van der Waals surface area contributed by atoms with E-state index in [9.17, 15) is 4.79 Å². The van der Waals surface area contributed by atoms with Crippen molar-refractivity contribution in [3.63, 3.8) is 0 Å². The lowest BCUT2D eigenvalue weighted by molar-refractivity contribution is -0.113. The van der Waals surface area contributed by atoms with E-state index in [2.05, 4.69) is 15.5 Å². The molecule has 29 heavy (non-hydrogen) atoms. The van der Waals surface area contributed by atoms with Crippen molar-refractivity contribution in [2.45, 2.75) is 25.0 Å². The second kappa shape index (κ2) is 10.0. The number of aromatic nitrogens is 3. The predicted octanol–water partition coefficient (Wildman–Crippen LogP) is 4.94. The highest BCUT2D eigenvalue weighted by Crippen LogP contribution is 2.28. The van der Waals surface area contributed by atoms with E-state index < -0.39 is 0 Å². The summed E-state index contributed by atoms with van der Waals surface area (Å²) in [4.78, 5) is 12.4. The SMILES string of the molecule is CCn1c(Cc2ccc(Cl)cc2)nnc1SCC(=O)Nc1cc(Cl)ccc1OC. The Bertz CT molecular complexity index is 993. The molecule has 0 spiro atoms. The molecule has 0 saturated carbocycles. The third kappa shape index (κ3) is 5.65. The minimum Gasteiger partial charge on any atom is -0.495 e. The zero-order valence-corrected chi connectivity index (χ0v) is 18.3. The number of rotatable bonds is 8. The number of benzene rings is 2. The topological polar surface area (TPSA) is 69.0 Å². The fraction of sp³-hybridized carbons (Fsp3) is 0.250. The number of ether oxygens (including phenoxy) is 1. The third-order valence-electron chi connectivity index (χ3n) is 4.15. The van der Waals surface area contributed by atoms with E-state index in [4.69, 9.17) is 27.9 Å². The molecule has 0 aliphatic rings. The minimum absolute atomic E-state index is 0.180. The molecule has 0 unspecified atom stereocenters. The van der Waals surface area contributed by atoms with E-state index in [0.29, 0.717) is 39.6 Å². The largest absolute Gasteiger partial charge is 0.495 e. The smallest absolute Gasteiger partial charge is 0.234 e. The van der Waals surface area contributed by atoms with E-state index in [1.807, 2.05) is 35.8 Å². The standard InChI is InChI=1S/C20H20Cl2N4O2S/c1-3-26-18(10-13-4-6-14(21)7-5-13)24-25-20(26)29-12-19(27)23-16-11-15(22)8-9-17(16)28-2/h4-9,11H,3,10,12H2,1-2H3,(H,23,27). The summed E-state index contributed by atoms with van der Waals surface area (Å²) in [6, 6.07) is 12.7. The Kier molecular flexibility index (Phi) is 7.41. The van der Waals surface area contributed by atoms with Crippen LogP contribution in [-0.4, -0.2) is 33.5 Å². The maximum atomic E-state index is 12.4. The van der Waals surface area contributed by atoms with Gasteiger partial charge in [0.2, 0.25) is 5.91 Å². The number of methoxy groups -OCH3 is 1. The molecule has 0 saturated heterocycles. The van der Waals surface area contributed by atoms with Gasteiger partial charge in [0.05, 0.1) is 18.6 Å². The van der Waals surface area contributed by atoms with Crippen LogP contribution in [0.15, 0.2) is 47.6 Å². The highest BCUT2D eigenvalue weighted by molar-refractivity contribution is 7.99. The van der Waals surface area contributed by atoms with Crippen molar-refractivity contribution in [1.29, 1.82) is 0 Å². The zero-order valence-electron chi connectivity index (χ0n) is 16.0. The molecule has 152 valence electrons. The Hall–Kier alpha value is -2.22. The molecule has 1 aromatic heterocycles. The Labute approximate surface area is 183 Å². The Morgan fingerprint density at radius 2 is 1.86 bits per heavy atom. The fourth-order valence-corrected chi connectivity index (χ4v) is 3.87. The lowest BCUT2D eigenvalue weighted by Gasteiger charge is -2.11. The van der Waals surface area contributed by atoms with E-state index in [-0.39, 0.29) is 11.7 Å². The Balaban J connectivity index is 1.64. The second-order valence-corrected chi connectivity index (χ2v) is 7.94. The van der Waals surface area contributed by atoms with Crippen LogP contribution in [0.1, 0.15) is 18.3 Å². The summed E-state index contributed by atoms with van der Waals surface area (Å²) in [6.07, 6.45) is 0.643. The van der Waals surface area contributed by atoms with Gasteiger partial charge in [0.15, 0.2) is 5.16 Å². The van der Waals surface area contributed by atoms with Crippen LogP contribution in [0.25, 0.3) is 0 Å². The van der Waals surface area contributed by atoms with E-state index in [1.54, 1.807) is 25.3 Å². The molecule has 0 atom stereocenters. The number of thioether (sulfide) groups is 1. The molecule has 1 heterocycles. The number of hydrogen-bond donors (Lipinski definition) is 1. The van der Waals surface area contributed by atoms with Crippen LogP contribution >= 0.6 is 35.0 Å². The second-order valence-electron chi connectivity index (χ2n) is 6.13. The summed E-state index contributed by atoms with van der Waals surface area (Å²) >= 11 is 13.3. The van der Waals surface area contributed by atoms with Gasteiger partial charge < -0.3 is 14.6 Å². The molecule has 0 fully saturated rings. The van der Waals surface area contributed by atoms with Crippen molar-refractivity contribution in [2.75, 3.05) is 18.2 Å². The summed E-state index contributed by atoms with van der Waals surface area (Å²) in [5.74, 6) is 1.40. The summed E-state index contributed by atoms with van der Waals surface area (Å²) < 4.78 is 7.26. The van der Waals surface area contributed by atoms with Gasteiger partial charge in [-0.15, -0.1) is 10.2 Å². The normalized spacial score (nSPS) is 10.8. The molecule has 0 aliphatic carbocycles. The van der Waals surface area contributed by atoms with Crippen molar-refractivity contribution >= 4 is 46.6 Å². The lowest BCUT2D eigenvalue weighted by Crippen LogP contribution is -2.15. The van der Waals surface area contributed by atoms with Gasteiger partial charge >= 0.3 is 0 Å². The van der Waals surface area contributed by atoms with E-state index in [0.717, 1.165) is 11.4 Å². The van der Waals surface area contributed by atoms with E-state index >= 15 is 0 Å². The van der Waals surface area contributed by atoms with Crippen LogP contribution in [0.5, 0.6) is 5.75 Å². The van der Waals surface area contributed by atoms with Crippen molar-refractivity contribution in [2.24, 2.45) is 0 Å². The van der Waals surface area contributed by atoms with Gasteiger partial charge in [-0.05, 0) is 42.8 Å². The molecule has 9 heteroatoms. The first-order valence-corrected chi connectivity index (χ1v) is 10.7. The minimum atomic E-state index is -0.180. The first-order chi connectivity index (χ1) is 14.0. The molecule has 3 aromatic rings. The van der Waals surface area contributed by atoms with Crippen LogP contribution in [0.3, 0.4) is 0 Å². The van der Waals surface area contributed by atoms with Gasteiger partial charge in [0.1, 0.15) is 11.6 Å². The van der Waals surface area contributed by atoms with Crippen molar-refractivity contribution in [1.82, 2.24) is 14.8 Å². The maximum Gasteiger partial charge on any atom is 0.234 e. The molecule has 2 aromatic carbocycles. The molecule has 0 bridgehead atoms. The summed E-state index contributed by atoms with van der Waals surface area (Å²) in [6.45, 7) is 2.73. The number of anilines is 1. The molecule has 0 aliphatic heterocycles. The van der Waals surface area contributed by atoms with Crippen LogP contribution in [-0.2, 0) is 17.8 Å². The summed E-state index contributed by atoms with van der Waals surface area (Å²) in [5.41, 5.74) is 1.63. The number of carbonyl (C=O) groups is 1. The number of hydrogen-bond acceptors (Lipinski definition) is 5. The number of nitrogens with zero attached hydrogens (tertiary/aromatic N) is 3. The fourth-order valence-electron chi connectivity index (χ4n) is 2.75. The number of halogens is 2. The lowest BCUT2D eigenvalue weighted by atomic mass is 10.1. The third-order valence-corrected chi connectivity index (χ3v) is 5.61. The van der Waals surface area contributed by atoms with E-state index in [1.165, 1.54) is 11.8 Å². The average molecular weight is 451 g/mol. The van der Waals surface area contributed by atoms with Crippen LogP contribution < -0.4 is 10.1 Å². The van der Waals surface area contributed by atoms with Crippen molar-refractivity contribution < 1.29 is 9.53 Å². The molecule has 0 radical (unpaired) electrons. The number of nitrogens with one attached hydrogen (secondary N) is 1. The van der Waals surface area contributed by atoms with Gasteiger partial charge in [-0.25, -0.2) is 0 Å².